The van der Waals surface area contributed by atoms with Gasteiger partial charge in [-0.1, -0.05) is 30.3 Å². The fourth-order valence-corrected chi connectivity index (χ4v) is 5.33. The number of nitrogens with one attached hydrogen (secondary N) is 2. The summed E-state index contributed by atoms with van der Waals surface area (Å²) in [6.07, 6.45) is -1.85. The van der Waals surface area contributed by atoms with Crippen molar-refractivity contribution >= 4 is 20.0 Å². The lowest BCUT2D eigenvalue weighted by molar-refractivity contribution is -0.274. The minimum atomic E-state index is -4.91. The molecule has 0 aliphatic rings. The van der Waals surface area contributed by atoms with Crippen LogP contribution >= 0.6 is 0 Å². The topological polar surface area (TPSA) is 107 Å². The Morgan fingerprint density at radius 1 is 0.912 bits per heavy atom. The summed E-state index contributed by atoms with van der Waals surface area (Å²) in [6.45, 7) is 2.12. The lowest BCUT2D eigenvalue weighted by Gasteiger charge is -2.20. The number of alkyl halides is 3. The normalized spacial score (nSPS) is 13.5. The van der Waals surface area contributed by atoms with Crippen molar-refractivity contribution in [1.82, 2.24) is 14.0 Å². The Morgan fingerprint density at radius 3 is 2.12 bits per heavy atom. The predicted octanol–water partition coefficient (Wildman–Crippen LogP) is 3.40. The van der Waals surface area contributed by atoms with Crippen molar-refractivity contribution in [3.05, 3.63) is 78.6 Å². The van der Waals surface area contributed by atoms with Gasteiger partial charge in [-0.2, -0.15) is 0 Å². The first-order valence-corrected chi connectivity index (χ1v) is 12.9. The molecule has 1 heterocycles. The van der Waals surface area contributed by atoms with Crippen molar-refractivity contribution in [2.24, 2.45) is 0 Å². The summed E-state index contributed by atoms with van der Waals surface area (Å²) in [5.74, 6) is -0.571. The van der Waals surface area contributed by atoms with Crippen molar-refractivity contribution in [2.45, 2.75) is 35.7 Å². The maximum atomic E-state index is 12.9. The van der Waals surface area contributed by atoms with E-state index in [1.165, 1.54) is 12.3 Å². The van der Waals surface area contributed by atoms with E-state index in [-0.39, 0.29) is 16.3 Å². The maximum absolute atomic E-state index is 12.9. The highest BCUT2D eigenvalue weighted by Crippen LogP contribution is 2.25. The average molecular weight is 518 g/mol. The zero-order valence-corrected chi connectivity index (χ0v) is 19.5. The van der Waals surface area contributed by atoms with E-state index in [9.17, 15) is 30.0 Å². The lowest BCUT2D eigenvalue weighted by Crippen LogP contribution is -2.37. The molecule has 184 valence electrons. The lowest BCUT2D eigenvalue weighted by atomic mass is 10.1. The summed E-state index contributed by atoms with van der Waals surface area (Å²) in [5, 5.41) is 0. The van der Waals surface area contributed by atoms with E-state index in [4.69, 9.17) is 0 Å². The zero-order chi connectivity index (χ0) is 25.0. The smallest absolute Gasteiger partial charge is 0.406 e. The average Bonchev–Trinajstić information content (AvgIpc) is 3.27. The molecule has 13 heteroatoms. The zero-order valence-electron chi connectivity index (χ0n) is 17.9. The summed E-state index contributed by atoms with van der Waals surface area (Å²) in [4.78, 5) is -0.282. The second-order valence-corrected chi connectivity index (χ2v) is 10.6. The monoisotopic (exact) mass is 517 g/mol. The Hall–Kier alpha value is -2.87. The van der Waals surface area contributed by atoms with Gasteiger partial charge >= 0.3 is 6.36 Å². The van der Waals surface area contributed by atoms with Crippen molar-refractivity contribution in [3.8, 4) is 5.75 Å². The minimum absolute atomic E-state index is 0.0317. The molecule has 0 saturated heterocycles. The van der Waals surface area contributed by atoms with Crippen LogP contribution in [-0.2, 0) is 26.6 Å². The van der Waals surface area contributed by atoms with Gasteiger partial charge in [0.05, 0.1) is 15.8 Å². The maximum Gasteiger partial charge on any atom is 0.573 e. The van der Waals surface area contributed by atoms with Crippen LogP contribution in [0.3, 0.4) is 0 Å². The Labute approximate surface area is 195 Å². The molecule has 1 aromatic heterocycles. The highest BCUT2D eigenvalue weighted by molar-refractivity contribution is 7.90. The summed E-state index contributed by atoms with van der Waals surface area (Å²) in [6, 6.07) is 12.4. The largest absolute Gasteiger partial charge is 0.573 e. The Balaban J connectivity index is 1.81. The fourth-order valence-electron chi connectivity index (χ4n) is 3.04. The van der Waals surface area contributed by atoms with E-state index in [2.05, 4.69) is 14.2 Å². The number of hydrogen-bond acceptors (Lipinski definition) is 5. The summed E-state index contributed by atoms with van der Waals surface area (Å²) in [7, 11) is -8.15. The SMILES string of the molecule is CCn1ccc(S(=O)(=O)NCC(NS(=O)(=O)c2ccc(OC(F)(F)F)cc2)c2ccccc2)c1. The predicted molar refractivity (Wildman–Crippen MR) is 118 cm³/mol. The third-order valence-electron chi connectivity index (χ3n) is 4.74. The van der Waals surface area contributed by atoms with Crippen molar-refractivity contribution in [2.75, 3.05) is 6.54 Å². The van der Waals surface area contributed by atoms with E-state index in [0.29, 0.717) is 12.1 Å². The van der Waals surface area contributed by atoms with Crippen molar-refractivity contribution in [3.63, 3.8) is 0 Å². The van der Waals surface area contributed by atoms with E-state index in [1.54, 1.807) is 41.1 Å². The molecule has 0 aliphatic heterocycles. The standard InChI is InChI=1S/C21H22F3N3O5S2/c1-2-27-13-12-19(15-27)33(28,29)25-14-20(16-6-4-3-5-7-16)26-34(30,31)18-10-8-17(9-11-18)32-21(22,23)24/h3-13,15,20,25-26H,2,14H2,1H3. The van der Waals surface area contributed by atoms with Gasteiger partial charge < -0.3 is 9.30 Å². The third kappa shape index (κ3) is 6.82. The van der Waals surface area contributed by atoms with E-state index in [0.717, 1.165) is 24.3 Å². The van der Waals surface area contributed by atoms with Crippen LogP contribution in [0.5, 0.6) is 5.75 Å². The number of ether oxygens (including phenoxy) is 1. The second-order valence-electron chi connectivity index (χ2n) is 7.13. The van der Waals surface area contributed by atoms with Crippen LogP contribution in [0.2, 0.25) is 0 Å². The molecule has 0 spiro atoms. The Morgan fingerprint density at radius 2 is 1.56 bits per heavy atom. The summed E-state index contributed by atoms with van der Waals surface area (Å²) >= 11 is 0. The number of rotatable bonds is 10. The van der Waals surface area contributed by atoms with Crippen LogP contribution in [0.4, 0.5) is 13.2 Å². The molecule has 8 nitrogen and oxygen atoms in total. The third-order valence-corrected chi connectivity index (χ3v) is 7.64. The van der Waals surface area contributed by atoms with Gasteiger partial charge in [0.1, 0.15) is 5.75 Å². The fraction of sp³-hybridized carbons (Fsp3) is 0.238. The van der Waals surface area contributed by atoms with Gasteiger partial charge in [0, 0.05) is 25.5 Å². The van der Waals surface area contributed by atoms with Gasteiger partial charge in [0.25, 0.3) is 0 Å². The van der Waals surface area contributed by atoms with E-state index in [1.807, 2.05) is 6.92 Å². The number of nitrogens with zero attached hydrogens (tertiary/aromatic N) is 1. The number of aryl methyl sites for hydroxylation is 1. The quantitative estimate of drug-likeness (QED) is 0.429. The molecule has 1 unspecified atom stereocenters. The van der Waals surface area contributed by atoms with Crippen LogP contribution in [-0.4, -0.2) is 34.3 Å². The first kappa shape index (κ1) is 25.7. The number of benzene rings is 2. The number of hydrogen-bond donors (Lipinski definition) is 2. The van der Waals surface area contributed by atoms with Crippen LogP contribution in [0.25, 0.3) is 0 Å². The van der Waals surface area contributed by atoms with Crippen molar-refractivity contribution in [1.29, 1.82) is 0 Å². The van der Waals surface area contributed by atoms with Crippen LogP contribution in [0, 0.1) is 0 Å². The van der Waals surface area contributed by atoms with Gasteiger partial charge in [-0.3, -0.25) is 0 Å². The minimum Gasteiger partial charge on any atom is -0.406 e. The number of sulfonamides is 2. The van der Waals surface area contributed by atoms with Crippen LogP contribution < -0.4 is 14.2 Å². The molecule has 0 aliphatic carbocycles. The Bertz CT molecular complexity index is 1310. The molecule has 0 saturated carbocycles. The van der Waals surface area contributed by atoms with E-state index >= 15 is 0 Å². The molecule has 3 rings (SSSR count). The molecule has 0 amide bonds. The molecular formula is C21H22F3N3O5S2. The molecule has 2 aromatic carbocycles. The van der Waals surface area contributed by atoms with Crippen LogP contribution in [0.1, 0.15) is 18.5 Å². The summed E-state index contributed by atoms with van der Waals surface area (Å²) < 4.78 is 98.4. The Kier molecular flexibility index (Phi) is 7.70. The molecule has 34 heavy (non-hydrogen) atoms. The molecule has 2 N–H and O–H groups in total. The molecule has 1 atom stereocenters. The highest BCUT2D eigenvalue weighted by atomic mass is 32.2. The van der Waals surface area contributed by atoms with Gasteiger partial charge in [-0.05, 0) is 42.8 Å². The number of aromatic nitrogens is 1. The second kappa shape index (κ2) is 10.2. The van der Waals surface area contributed by atoms with Gasteiger partial charge in [0.15, 0.2) is 0 Å². The molecule has 0 fully saturated rings. The van der Waals surface area contributed by atoms with Gasteiger partial charge in [-0.15, -0.1) is 13.2 Å². The summed E-state index contributed by atoms with van der Waals surface area (Å²) in [5.41, 5.74) is 0.483. The molecule has 3 aromatic rings. The first-order chi connectivity index (χ1) is 15.9. The van der Waals surface area contributed by atoms with E-state index < -0.39 is 38.2 Å². The first-order valence-electron chi connectivity index (χ1n) is 9.98. The number of halogens is 3. The van der Waals surface area contributed by atoms with Crippen LogP contribution in [0.15, 0.2) is 82.8 Å². The molecule has 0 radical (unpaired) electrons. The van der Waals surface area contributed by atoms with Crippen molar-refractivity contribution < 1.29 is 34.7 Å². The molecular weight excluding hydrogens is 495 g/mol. The highest BCUT2D eigenvalue weighted by Gasteiger charge is 2.31. The van der Waals surface area contributed by atoms with Gasteiger partial charge in [-0.25, -0.2) is 26.3 Å². The molecule has 0 bridgehead atoms. The van der Waals surface area contributed by atoms with Gasteiger partial charge in [0.2, 0.25) is 20.0 Å².